The van der Waals surface area contributed by atoms with Crippen LogP contribution in [0.25, 0.3) is 0 Å². The first-order chi connectivity index (χ1) is 9.98. The standard InChI is InChI=1S/C17H20N4/c1-17(2,3)13-21(12-14-7-5-4-6-8-14)16-19-10-9-15(11-18)20-16/h4-10H,12-13H2,1-3H3. The van der Waals surface area contributed by atoms with Gasteiger partial charge in [-0.15, -0.1) is 0 Å². The summed E-state index contributed by atoms with van der Waals surface area (Å²) in [5.74, 6) is 0.604. The van der Waals surface area contributed by atoms with Gasteiger partial charge in [-0.1, -0.05) is 51.1 Å². The summed E-state index contributed by atoms with van der Waals surface area (Å²) in [6.07, 6.45) is 1.64. The summed E-state index contributed by atoms with van der Waals surface area (Å²) >= 11 is 0. The van der Waals surface area contributed by atoms with E-state index in [0.717, 1.165) is 13.1 Å². The number of benzene rings is 1. The van der Waals surface area contributed by atoms with Gasteiger partial charge in [-0.3, -0.25) is 0 Å². The largest absolute Gasteiger partial charge is 0.336 e. The Balaban J connectivity index is 2.29. The number of nitriles is 1. The van der Waals surface area contributed by atoms with Gasteiger partial charge < -0.3 is 4.90 Å². The average Bonchev–Trinajstić information content (AvgIpc) is 2.46. The van der Waals surface area contributed by atoms with Gasteiger partial charge in [0.2, 0.25) is 5.95 Å². The highest BCUT2D eigenvalue weighted by molar-refractivity contribution is 5.35. The van der Waals surface area contributed by atoms with Gasteiger partial charge in [0.05, 0.1) is 0 Å². The molecule has 2 rings (SSSR count). The van der Waals surface area contributed by atoms with Crippen molar-refractivity contribution in [2.24, 2.45) is 5.41 Å². The van der Waals surface area contributed by atoms with Crippen molar-refractivity contribution in [1.82, 2.24) is 9.97 Å². The zero-order chi connectivity index (χ0) is 15.3. The molecule has 108 valence electrons. The van der Waals surface area contributed by atoms with Crippen molar-refractivity contribution in [2.45, 2.75) is 27.3 Å². The summed E-state index contributed by atoms with van der Waals surface area (Å²) in [4.78, 5) is 10.8. The fourth-order valence-electron chi connectivity index (χ4n) is 2.14. The van der Waals surface area contributed by atoms with Crippen molar-refractivity contribution in [3.63, 3.8) is 0 Å². The Hall–Kier alpha value is -2.41. The van der Waals surface area contributed by atoms with Gasteiger partial charge in [0.15, 0.2) is 0 Å². The van der Waals surface area contributed by atoms with Crippen molar-refractivity contribution < 1.29 is 0 Å². The molecule has 0 aliphatic carbocycles. The third-order valence-corrected chi connectivity index (χ3v) is 2.92. The van der Waals surface area contributed by atoms with Crippen LogP contribution in [0.1, 0.15) is 32.0 Å². The van der Waals surface area contributed by atoms with E-state index in [1.54, 1.807) is 12.3 Å². The first kappa shape index (κ1) is 15.0. The Morgan fingerprint density at radius 1 is 1.14 bits per heavy atom. The lowest BCUT2D eigenvalue weighted by molar-refractivity contribution is 0.406. The van der Waals surface area contributed by atoms with Gasteiger partial charge in [-0.2, -0.15) is 5.26 Å². The minimum atomic E-state index is 0.112. The zero-order valence-corrected chi connectivity index (χ0v) is 12.7. The molecule has 4 heteroatoms. The third-order valence-electron chi connectivity index (χ3n) is 2.92. The van der Waals surface area contributed by atoms with Gasteiger partial charge in [0.1, 0.15) is 11.8 Å². The number of aromatic nitrogens is 2. The summed E-state index contributed by atoms with van der Waals surface area (Å²) in [7, 11) is 0. The first-order valence-electron chi connectivity index (χ1n) is 7.00. The molecular weight excluding hydrogens is 260 g/mol. The Morgan fingerprint density at radius 2 is 1.86 bits per heavy atom. The topological polar surface area (TPSA) is 52.8 Å². The normalized spacial score (nSPS) is 11.0. The van der Waals surface area contributed by atoms with Gasteiger partial charge >= 0.3 is 0 Å². The molecule has 0 radical (unpaired) electrons. The van der Waals surface area contributed by atoms with Gasteiger partial charge in [0.25, 0.3) is 0 Å². The highest BCUT2D eigenvalue weighted by atomic mass is 15.2. The molecule has 0 bridgehead atoms. The van der Waals surface area contributed by atoms with Crippen LogP contribution in [0.4, 0.5) is 5.95 Å². The van der Waals surface area contributed by atoms with Crippen LogP contribution in [-0.2, 0) is 6.54 Å². The van der Waals surface area contributed by atoms with E-state index in [0.29, 0.717) is 11.6 Å². The number of hydrogen-bond acceptors (Lipinski definition) is 4. The fourth-order valence-corrected chi connectivity index (χ4v) is 2.14. The van der Waals surface area contributed by atoms with Crippen LogP contribution in [0.2, 0.25) is 0 Å². The number of nitrogens with zero attached hydrogens (tertiary/aromatic N) is 4. The lowest BCUT2D eigenvalue weighted by Crippen LogP contribution is -2.33. The second-order valence-corrected chi connectivity index (χ2v) is 6.26. The van der Waals surface area contributed by atoms with E-state index in [1.165, 1.54) is 5.56 Å². The van der Waals surface area contributed by atoms with Crippen molar-refractivity contribution in [1.29, 1.82) is 5.26 Å². The van der Waals surface area contributed by atoms with Crippen LogP contribution in [0.15, 0.2) is 42.6 Å². The quantitative estimate of drug-likeness (QED) is 0.861. The van der Waals surface area contributed by atoms with Crippen LogP contribution in [0, 0.1) is 16.7 Å². The van der Waals surface area contributed by atoms with Gasteiger partial charge in [-0.05, 0) is 17.0 Å². The molecule has 0 saturated carbocycles. The van der Waals surface area contributed by atoms with E-state index >= 15 is 0 Å². The van der Waals surface area contributed by atoms with E-state index in [9.17, 15) is 0 Å². The predicted molar refractivity (Wildman–Crippen MR) is 83.7 cm³/mol. The maximum atomic E-state index is 9.01. The zero-order valence-electron chi connectivity index (χ0n) is 12.7. The van der Waals surface area contributed by atoms with Gasteiger partial charge in [-0.25, -0.2) is 9.97 Å². The van der Waals surface area contributed by atoms with Gasteiger partial charge in [0, 0.05) is 19.3 Å². The SMILES string of the molecule is CC(C)(C)CN(Cc1ccccc1)c1nccc(C#N)n1. The summed E-state index contributed by atoms with van der Waals surface area (Å²) in [5, 5.41) is 9.01. The molecule has 1 heterocycles. The predicted octanol–water partition coefficient (Wildman–Crippen LogP) is 3.40. The number of rotatable bonds is 4. The maximum absolute atomic E-state index is 9.01. The molecule has 21 heavy (non-hydrogen) atoms. The Kier molecular flexibility index (Phi) is 4.54. The lowest BCUT2D eigenvalue weighted by Gasteiger charge is -2.30. The highest BCUT2D eigenvalue weighted by Crippen LogP contribution is 2.21. The first-order valence-corrected chi connectivity index (χ1v) is 7.00. The van der Waals surface area contributed by atoms with Crippen LogP contribution in [0.5, 0.6) is 0 Å². The lowest BCUT2D eigenvalue weighted by atomic mass is 9.96. The molecule has 2 aromatic rings. The monoisotopic (exact) mass is 280 g/mol. The molecule has 0 atom stereocenters. The molecule has 0 aliphatic heterocycles. The molecule has 0 aliphatic rings. The molecule has 0 unspecified atom stereocenters. The minimum Gasteiger partial charge on any atom is -0.336 e. The summed E-state index contributed by atoms with van der Waals surface area (Å²) in [6, 6.07) is 13.9. The maximum Gasteiger partial charge on any atom is 0.226 e. The van der Waals surface area contributed by atoms with Crippen molar-refractivity contribution in [3.8, 4) is 6.07 Å². The molecular formula is C17H20N4. The highest BCUT2D eigenvalue weighted by Gasteiger charge is 2.19. The Morgan fingerprint density at radius 3 is 2.48 bits per heavy atom. The van der Waals surface area contributed by atoms with E-state index in [-0.39, 0.29) is 5.41 Å². The molecule has 0 fully saturated rings. The molecule has 0 saturated heterocycles. The molecule has 1 aromatic carbocycles. The second-order valence-electron chi connectivity index (χ2n) is 6.26. The third kappa shape index (κ3) is 4.57. The molecule has 0 amide bonds. The van der Waals surface area contributed by atoms with E-state index in [1.807, 2.05) is 18.2 Å². The number of hydrogen-bond donors (Lipinski definition) is 0. The average molecular weight is 280 g/mol. The Bertz CT molecular complexity index is 623. The van der Waals surface area contributed by atoms with Crippen molar-refractivity contribution in [3.05, 3.63) is 53.9 Å². The molecule has 0 N–H and O–H groups in total. The molecule has 1 aromatic heterocycles. The van der Waals surface area contributed by atoms with E-state index in [2.05, 4.69) is 53.8 Å². The second kappa shape index (κ2) is 6.36. The van der Waals surface area contributed by atoms with Crippen LogP contribution >= 0.6 is 0 Å². The smallest absolute Gasteiger partial charge is 0.226 e. The molecule has 4 nitrogen and oxygen atoms in total. The van der Waals surface area contributed by atoms with E-state index in [4.69, 9.17) is 5.26 Å². The Labute approximate surface area is 126 Å². The number of anilines is 1. The fraction of sp³-hybridized carbons (Fsp3) is 0.353. The van der Waals surface area contributed by atoms with Crippen LogP contribution in [0.3, 0.4) is 0 Å². The van der Waals surface area contributed by atoms with Crippen LogP contribution < -0.4 is 4.90 Å². The van der Waals surface area contributed by atoms with Crippen LogP contribution in [-0.4, -0.2) is 16.5 Å². The summed E-state index contributed by atoms with van der Waals surface area (Å²) in [6.45, 7) is 8.08. The van der Waals surface area contributed by atoms with Crippen molar-refractivity contribution >= 4 is 5.95 Å². The molecule has 0 spiro atoms. The minimum absolute atomic E-state index is 0.112. The summed E-state index contributed by atoms with van der Waals surface area (Å²) in [5.41, 5.74) is 1.71. The van der Waals surface area contributed by atoms with E-state index < -0.39 is 0 Å². The van der Waals surface area contributed by atoms with Crippen molar-refractivity contribution in [2.75, 3.05) is 11.4 Å². The summed E-state index contributed by atoms with van der Waals surface area (Å²) < 4.78 is 0.